The fraction of sp³-hybridized carbons (Fsp3) is 0.632. The topological polar surface area (TPSA) is 179 Å². The smallest absolute Gasteiger partial charge is 0.326 e. The Morgan fingerprint density at radius 3 is 2.31 bits per heavy atom. The van der Waals surface area contributed by atoms with Crippen molar-refractivity contribution in [3.8, 4) is 0 Å². The van der Waals surface area contributed by atoms with Crippen molar-refractivity contribution in [1.29, 1.82) is 0 Å². The third kappa shape index (κ3) is 9.09. The molecule has 1 rings (SSSR count). The van der Waals surface area contributed by atoms with Gasteiger partial charge in [0, 0.05) is 24.1 Å². The van der Waals surface area contributed by atoms with E-state index in [0.717, 1.165) is 0 Å². The van der Waals surface area contributed by atoms with Crippen LogP contribution >= 0.6 is 24.4 Å². The van der Waals surface area contributed by atoms with Crippen molar-refractivity contribution < 1.29 is 24.3 Å². The van der Waals surface area contributed by atoms with E-state index >= 15 is 0 Å². The second-order valence-corrected chi connectivity index (χ2v) is 8.89. The SMILES string of the molecule is CSCCC(N)C(=O)NC(CS)C(=O)NC(C(=O)NC(Cc1cnc[nH]1)C(=O)O)C(C)C. The number of carbonyl (C=O) groups excluding carboxylic acids is 3. The molecule has 1 aromatic heterocycles. The highest BCUT2D eigenvalue weighted by atomic mass is 32.2. The zero-order valence-electron chi connectivity index (χ0n) is 18.3. The second kappa shape index (κ2) is 14.0. The summed E-state index contributed by atoms with van der Waals surface area (Å²) in [7, 11) is 0. The van der Waals surface area contributed by atoms with Crippen molar-refractivity contribution in [3.63, 3.8) is 0 Å². The van der Waals surface area contributed by atoms with E-state index in [1.54, 1.807) is 25.6 Å². The molecule has 0 bridgehead atoms. The van der Waals surface area contributed by atoms with Gasteiger partial charge in [0.2, 0.25) is 17.7 Å². The minimum atomic E-state index is -1.22. The molecule has 0 radical (unpaired) electrons. The fourth-order valence-electron chi connectivity index (χ4n) is 2.72. The predicted octanol–water partition coefficient (Wildman–Crippen LogP) is -0.843. The molecule has 1 heterocycles. The van der Waals surface area contributed by atoms with Gasteiger partial charge in [-0.1, -0.05) is 13.8 Å². The third-order valence-electron chi connectivity index (χ3n) is 4.63. The number of imidazole rings is 1. The van der Waals surface area contributed by atoms with Crippen LogP contribution < -0.4 is 21.7 Å². The molecule has 32 heavy (non-hydrogen) atoms. The number of carbonyl (C=O) groups is 4. The second-order valence-electron chi connectivity index (χ2n) is 7.54. The summed E-state index contributed by atoms with van der Waals surface area (Å²) in [6.45, 7) is 3.42. The van der Waals surface area contributed by atoms with E-state index in [2.05, 4.69) is 38.5 Å². The zero-order chi connectivity index (χ0) is 24.3. The number of H-pyrrole nitrogens is 1. The highest BCUT2D eigenvalue weighted by Gasteiger charge is 2.31. The molecule has 0 saturated carbocycles. The van der Waals surface area contributed by atoms with Gasteiger partial charge in [0.25, 0.3) is 0 Å². The van der Waals surface area contributed by atoms with Gasteiger partial charge >= 0.3 is 5.97 Å². The van der Waals surface area contributed by atoms with Crippen LogP contribution in [0.15, 0.2) is 12.5 Å². The molecule has 11 nitrogen and oxygen atoms in total. The van der Waals surface area contributed by atoms with Crippen LogP contribution in [0, 0.1) is 5.92 Å². The zero-order valence-corrected chi connectivity index (χ0v) is 20.0. The summed E-state index contributed by atoms with van der Waals surface area (Å²) in [6, 6.07) is -3.99. The molecule has 0 aromatic carbocycles. The molecule has 4 atom stereocenters. The van der Waals surface area contributed by atoms with Crippen LogP contribution in [0.25, 0.3) is 0 Å². The monoisotopic (exact) mass is 488 g/mol. The van der Waals surface area contributed by atoms with Crippen molar-refractivity contribution in [2.24, 2.45) is 11.7 Å². The number of thioether (sulfide) groups is 1. The van der Waals surface area contributed by atoms with E-state index in [1.807, 2.05) is 6.26 Å². The molecule has 0 aliphatic heterocycles. The van der Waals surface area contributed by atoms with Gasteiger partial charge in [-0.25, -0.2) is 9.78 Å². The highest BCUT2D eigenvalue weighted by molar-refractivity contribution is 7.98. The van der Waals surface area contributed by atoms with E-state index < -0.39 is 47.9 Å². The number of rotatable bonds is 14. The molecule has 3 amide bonds. The van der Waals surface area contributed by atoms with Crippen molar-refractivity contribution in [2.45, 2.75) is 50.9 Å². The maximum Gasteiger partial charge on any atom is 0.326 e. The number of aromatic nitrogens is 2. The number of carboxylic acids is 1. The summed E-state index contributed by atoms with van der Waals surface area (Å²) < 4.78 is 0. The first-order valence-corrected chi connectivity index (χ1v) is 12.1. The molecule has 0 spiro atoms. The van der Waals surface area contributed by atoms with Crippen LogP contribution in [-0.4, -0.2) is 80.7 Å². The summed E-state index contributed by atoms with van der Waals surface area (Å²) in [6.07, 6.45) is 5.23. The Hall–Kier alpha value is -2.25. The summed E-state index contributed by atoms with van der Waals surface area (Å²) in [5.74, 6) is -2.62. The number of thiol groups is 1. The average molecular weight is 489 g/mol. The quantitative estimate of drug-likeness (QED) is 0.166. The molecule has 0 saturated heterocycles. The molecular formula is C19H32N6O5S2. The maximum absolute atomic E-state index is 12.8. The molecule has 7 N–H and O–H groups in total. The lowest BCUT2D eigenvalue weighted by Crippen LogP contribution is -2.59. The molecule has 13 heteroatoms. The van der Waals surface area contributed by atoms with E-state index in [-0.39, 0.29) is 18.1 Å². The Labute approximate surface area is 196 Å². The summed E-state index contributed by atoms with van der Waals surface area (Å²) in [5, 5.41) is 17.0. The number of hydrogen-bond donors (Lipinski definition) is 7. The van der Waals surface area contributed by atoms with Crippen LogP contribution in [0.3, 0.4) is 0 Å². The molecule has 0 fully saturated rings. The normalized spacial score (nSPS) is 14.8. The Kier molecular flexibility index (Phi) is 12.2. The number of amides is 3. The maximum atomic E-state index is 12.8. The third-order valence-corrected chi connectivity index (χ3v) is 5.63. The largest absolute Gasteiger partial charge is 0.480 e. The average Bonchev–Trinajstić information content (AvgIpc) is 3.25. The standard InChI is InChI=1S/C19H32N6O5S2/c1-10(2)15(18(28)23-13(19(29)30)6-11-7-21-9-22-11)25-17(27)14(8-31)24-16(26)12(20)4-5-32-3/h7,9-10,12-15,31H,4-6,8,20H2,1-3H3,(H,21,22)(H,23,28)(H,24,26)(H,25,27)(H,29,30). The lowest BCUT2D eigenvalue weighted by molar-refractivity contribution is -0.142. The van der Waals surface area contributed by atoms with Gasteiger partial charge in [-0.2, -0.15) is 24.4 Å². The lowest BCUT2D eigenvalue weighted by Gasteiger charge is -2.26. The molecule has 4 unspecified atom stereocenters. The fourth-order valence-corrected chi connectivity index (χ4v) is 3.46. The Morgan fingerprint density at radius 2 is 1.81 bits per heavy atom. The molecule has 1 aromatic rings. The van der Waals surface area contributed by atoms with E-state index in [0.29, 0.717) is 17.9 Å². The van der Waals surface area contributed by atoms with Crippen LogP contribution in [0.2, 0.25) is 0 Å². The van der Waals surface area contributed by atoms with Gasteiger partial charge in [0.15, 0.2) is 0 Å². The molecule has 0 aliphatic rings. The lowest BCUT2D eigenvalue weighted by atomic mass is 10.0. The predicted molar refractivity (Wildman–Crippen MR) is 125 cm³/mol. The summed E-state index contributed by atoms with van der Waals surface area (Å²) >= 11 is 5.67. The minimum Gasteiger partial charge on any atom is -0.480 e. The van der Waals surface area contributed by atoms with E-state index in [4.69, 9.17) is 5.73 Å². The van der Waals surface area contributed by atoms with Crippen molar-refractivity contribution in [2.75, 3.05) is 17.8 Å². The van der Waals surface area contributed by atoms with Gasteiger partial charge in [0.1, 0.15) is 18.1 Å². The molecule has 180 valence electrons. The molecular weight excluding hydrogens is 456 g/mol. The number of nitrogens with two attached hydrogens (primary N) is 1. The highest BCUT2D eigenvalue weighted by Crippen LogP contribution is 2.06. The number of carboxylic acid groups (broad SMARTS) is 1. The number of aliphatic carboxylic acids is 1. The van der Waals surface area contributed by atoms with E-state index in [9.17, 15) is 24.3 Å². The van der Waals surface area contributed by atoms with Gasteiger partial charge in [-0.05, 0) is 24.3 Å². The van der Waals surface area contributed by atoms with Crippen LogP contribution in [-0.2, 0) is 25.6 Å². The first-order chi connectivity index (χ1) is 15.1. The van der Waals surface area contributed by atoms with Crippen molar-refractivity contribution in [3.05, 3.63) is 18.2 Å². The van der Waals surface area contributed by atoms with Crippen LogP contribution in [0.1, 0.15) is 26.0 Å². The molecule has 0 aliphatic carbocycles. The first-order valence-electron chi connectivity index (χ1n) is 10.1. The number of nitrogens with zero attached hydrogens (tertiary/aromatic N) is 1. The van der Waals surface area contributed by atoms with Crippen molar-refractivity contribution >= 4 is 48.1 Å². The van der Waals surface area contributed by atoms with E-state index in [1.165, 1.54) is 12.5 Å². The van der Waals surface area contributed by atoms with Crippen LogP contribution in [0.5, 0.6) is 0 Å². The first kappa shape index (κ1) is 27.8. The van der Waals surface area contributed by atoms with Gasteiger partial charge in [-0.3, -0.25) is 14.4 Å². The number of aromatic amines is 1. The Morgan fingerprint density at radius 1 is 1.16 bits per heavy atom. The number of nitrogens with one attached hydrogen (secondary N) is 4. The summed E-state index contributed by atoms with van der Waals surface area (Å²) in [4.78, 5) is 55.9. The van der Waals surface area contributed by atoms with Crippen molar-refractivity contribution in [1.82, 2.24) is 25.9 Å². The van der Waals surface area contributed by atoms with Gasteiger partial charge in [0.05, 0.1) is 12.4 Å². The number of hydrogen-bond acceptors (Lipinski definition) is 8. The van der Waals surface area contributed by atoms with Crippen LogP contribution in [0.4, 0.5) is 0 Å². The van der Waals surface area contributed by atoms with Gasteiger partial charge in [-0.15, -0.1) is 0 Å². The Bertz CT molecular complexity index is 761. The Balaban J connectivity index is 2.79. The van der Waals surface area contributed by atoms with Gasteiger partial charge < -0.3 is 31.8 Å². The summed E-state index contributed by atoms with van der Waals surface area (Å²) in [5.41, 5.74) is 6.37. The minimum absolute atomic E-state index is 0.00307.